The van der Waals surface area contributed by atoms with Crippen molar-refractivity contribution in [3.05, 3.63) is 57.1 Å². The van der Waals surface area contributed by atoms with Crippen LogP contribution in [0.4, 0.5) is 11.4 Å². The fourth-order valence-corrected chi connectivity index (χ4v) is 2.90. The van der Waals surface area contributed by atoms with Crippen molar-refractivity contribution >= 4 is 46.7 Å². The molecule has 0 spiro atoms. The molecular formula is C18H20Cl2N4O. The molecule has 0 heterocycles. The summed E-state index contributed by atoms with van der Waals surface area (Å²) in [4.78, 5) is 12.8. The maximum Gasteiger partial charge on any atom is 0.231 e. The molecule has 0 radical (unpaired) electrons. The number of nitrogen functional groups attached to an aromatic ring is 1. The van der Waals surface area contributed by atoms with Crippen LogP contribution in [0.3, 0.4) is 0 Å². The molecule has 0 saturated heterocycles. The van der Waals surface area contributed by atoms with Crippen molar-refractivity contribution in [1.82, 2.24) is 0 Å². The van der Waals surface area contributed by atoms with Crippen LogP contribution in [0.1, 0.15) is 29.0 Å². The van der Waals surface area contributed by atoms with E-state index in [0.717, 1.165) is 17.3 Å². The van der Waals surface area contributed by atoms with E-state index in [4.69, 9.17) is 40.1 Å². The Bertz CT molecular complexity index is 808. The lowest BCUT2D eigenvalue weighted by atomic mass is 9.94. The third kappa shape index (κ3) is 4.51. The van der Waals surface area contributed by atoms with E-state index in [0.29, 0.717) is 39.9 Å². The second-order valence-corrected chi connectivity index (χ2v) is 6.55. The molecular weight excluding hydrogens is 359 g/mol. The van der Waals surface area contributed by atoms with Crippen molar-refractivity contribution in [2.24, 2.45) is 5.73 Å². The lowest BCUT2D eigenvalue weighted by Crippen LogP contribution is -2.23. The van der Waals surface area contributed by atoms with Gasteiger partial charge in [0.05, 0.1) is 16.0 Å². The van der Waals surface area contributed by atoms with Crippen molar-refractivity contribution in [3.8, 4) is 0 Å². The number of nitrogens with two attached hydrogens (primary N) is 2. The van der Waals surface area contributed by atoms with Gasteiger partial charge >= 0.3 is 0 Å². The van der Waals surface area contributed by atoms with Gasteiger partial charge in [-0.05, 0) is 55.3 Å². The summed E-state index contributed by atoms with van der Waals surface area (Å²) >= 11 is 12.0. The standard InChI is InChI=1S/C18H20Cl2N4O/c1-10-6-13(7-12(9-22)17(10)23)24-18(25)14(4-5-21)11-2-3-15(19)16(20)8-11/h2-3,6-9,14,22H,4-5,21,23H2,1H3,(H,24,25). The minimum absolute atomic E-state index is 0.205. The smallest absolute Gasteiger partial charge is 0.231 e. The monoisotopic (exact) mass is 378 g/mol. The summed E-state index contributed by atoms with van der Waals surface area (Å²) < 4.78 is 0. The predicted octanol–water partition coefficient (Wildman–Crippen LogP) is 3.95. The van der Waals surface area contributed by atoms with Crippen LogP contribution >= 0.6 is 23.2 Å². The highest BCUT2D eigenvalue weighted by molar-refractivity contribution is 6.42. The normalized spacial score (nSPS) is 11.8. The Morgan fingerprint density at radius 1 is 1.28 bits per heavy atom. The van der Waals surface area contributed by atoms with Gasteiger partial charge in [-0.25, -0.2) is 0 Å². The number of hydrogen-bond donors (Lipinski definition) is 4. The van der Waals surface area contributed by atoms with Gasteiger partial charge in [-0.1, -0.05) is 29.3 Å². The van der Waals surface area contributed by atoms with Crippen LogP contribution < -0.4 is 16.8 Å². The second-order valence-electron chi connectivity index (χ2n) is 5.73. The van der Waals surface area contributed by atoms with Gasteiger partial charge in [0.2, 0.25) is 5.91 Å². The Morgan fingerprint density at radius 2 is 2.00 bits per heavy atom. The van der Waals surface area contributed by atoms with E-state index >= 15 is 0 Å². The van der Waals surface area contributed by atoms with E-state index in [-0.39, 0.29) is 5.91 Å². The molecule has 0 saturated carbocycles. The first kappa shape index (κ1) is 19.2. The van der Waals surface area contributed by atoms with E-state index in [1.807, 2.05) is 6.92 Å². The highest BCUT2D eigenvalue weighted by Crippen LogP contribution is 2.29. The Kier molecular flexibility index (Phi) is 6.42. The molecule has 1 unspecified atom stereocenters. The lowest BCUT2D eigenvalue weighted by Gasteiger charge is -2.18. The third-order valence-electron chi connectivity index (χ3n) is 3.96. The number of carbonyl (C=O) groups is 1. The molecule has 0 fully saturated rings. The van der Waals surface area contributed by atoms with Crippen LogP contribution in [0.25, 0.3) is 0 Å². The van der Waals surface area contributed by atoms with E-state index in [1.165, 1.54) is 0 Å². The summed E-state index contributed by atoms with van der Waals surface area (Å²) in [6.07, 6.45) is 1.63. The molecule has 0 aliphatic heterocycles. The van der Waals surface area contributed by atoms with Crippen molar-refractivity contribution in [2.45, 2.75) is 19.3 Å². The number of rotatable bonds is 6. The zero-order valence-corrected chi connectivity index (χ0v) is 15.3. The van der Waals surface area contributed by atoms with Gasteiger partial charge in [-0.3, -0.25) is 4.79 Å². The molecule has 7 heteroatoms. The molecule has 1 amide bonds. The molecule has 0 aromatic heterocycles. The van der Waals surface area contributed by atoms with Gasteiger partial charge < -0.3 is 22.2 Å². The largest absolute Gasteiger partial charge is 0.398 e. The topological polar surface area (TPSA) is 105 Å². The van der Waals surface area contributed by atoms with Crippen LogP contribution in [0, 0.1) is 12.3 Å². The molecule has 5 nitrogen and oxygen atoms in total. The molecule has 132 valence electrons. The fraction of sp³-hybridized carbons (Fsp3) is 0.222. The first-order chi connectivity index (χ1) is 11.9. The number of benzene rings is 2. The predicted molar refractivity (Wildman–Crippen MR) is 105 cm³/mol. The number of nitrogens with one attached hydrogen (secondary N) is 2. The molecule has 6 N–H and O–H groups in total. The van der Waals surface area contributed by atoms with Gasteiger partial charge in [-0.2, -0.15) is 0 Å². The van der Waals surface area contributed by atoms with E-state index in [1.54, 1.807) is 30.3 Å². The molecule has 0 aliphatic rings. The molecule has 1 atom stereocenters. The highest BCUT2D eigenvalue weighted by atomic mass is 35.5. The highest BCUT2D eigenvalue weighted by Gasteiger charge is 2.21. The molecule has 25 heavy (non-hydrogen) atoms. The van der Waals surface area contributed by atoms with Gasteiger partial charge in [-0.15, -0.1) is 0 Å². The lowest BCUT2D eigenvalue weighted by molar-refractivity contribution is -0.117. The number of aryl methyl sites for hydroxylation is 1. The quantitative estimate of drug-likeness (QED) is 0.451. The van der Waals surface area contributed by atoms with Crippen molar-refractivity contribution in [2.75, 3.05) is 17.6 Å². The summed E-state index contributed by atoms with van der Waals surface area (Å²) in [5, 5.41) is 11.1. The number of carbonyl (C=O) groups excluding carboxylic acids is 1. The summed E-state index contributed by atoms with van der Waals surface area (Å²) in [6.45, 7) is 2.18. The maximum absolute atomic E-state index is 12.8. The second kappa shape index (κ2) is 8.34. The summed E-state index contributed by atoms with van der Waals surface area (Å²) in [5.74, 6) is -0.662. The average molecular weight is 379 g/mol. The number of amides is 1. The Hall–Kier alpha value is -2.08. The first-order valence-corrected chi connectivity index (χ1v) is 8.49. The summed E-state index contributed by atoms with van der Waals surface area (Å²) in [5.41, 5.74) is 14.8. The zero-order chi connectivity index (χ0) is 18.6. The third-order valence-corrected chi connectivity index (χ3v) is 4.70. The van der Waals surface area contributed by atoms with Crippen LogP contribution in [0.5, 0.6) is 0 Å². The zero-order valence-electron chi connectivity index (χ0n) is 13.8. The van der Waals surface area contributed by atoms with Gasteiger partial charge in [0.25, 0.3) is 0 Å². The Labute approximate surface area is 156 Å². The Balaban J connectivity index is 2.30. The van der Waals surface area contributed by atoms with Crippen LogP contribution in [0.2, 0.25) is 10.0 Å². The van der Waals surface area contributed by atoms with E-state index in [2.05, 4.69) is 5.32 Å². The van der Waals surface area contributed by atoms with E-state index in [9.17, 15) is 4.79 Å². The van der Waals surface area contributed by atoms with E-state index < -0.39 is 5.92 Å². The fourth-order valence-electron chi connectivity index (χ4n) is 2.59. The first-order valence-electron chi connectivity index (χ1n) is 7.73. The van der Waals surface area contributed by atoms with Gasteiger partial charge in [0.1, 0.15) is 0 Å². The van der Waals surface area contributed by atoms with Crippen LogP contribution in [0.15, 0.2) is 30.3 Å². The SMILES string of the molecule is Cc1cc(NC(=O)C(CCN)c2ccc(Cl)c(Cl)c2)cc(C=N)c1N. The van der Waals surface area contributed by atoms with Gasteiger partial charge in [0, 0.05) is 23.2 Å². The van der Waals surface area contributed by atoms with Crippen molar-refractivity contribution in [3.63, 3.8) is 0 Å². The minimum Gasteiger partial charge on any atom is -0.398 e. The number of anilines is 2. The Morgan fingerprint density at radius 3 is 2.60 bits per heavy atom. The summed E-state index contributed by atoms with van der Waals surface area (Å²) in [6, 6.07) is 8.55. The number of halogens is 2. The minimum atomic E-state index is -0.457. The molecule has 0 bridgehead atoms. The van der Waals surface area contributed by atoms with Crippen molar-refractivity contribution in [1.29, 1.82) is 5.41 Å². The molecule has 0 aliphatic carbocycles. The van der Waals surface area contributed by atoms with Gasteiger partial charge in [0.15, 0.2) is 0 Å². The number of hydrogen-bond acceptors (Lipinski definition) is 4. The molecule has 2 aromatic rings. The summed E-state index contributed by atoms with van der Waals surface area (Å²) in [7, 11) is 0. The maximum atomic E-state index is 12.8. The average Bonchev–Trinajstić information content (AvgIpc) is 2.58. The van der Waals surface area contributed by atoms with Crippen molar-refractivity contribution < 1.29 is 4.79 Å². The molecule has 2 rings (SSSR count). The van der Waals surface area contributed by atoms with Crippen LogP contribution in [-0.4, -0.2) is 18.7 Å². The van der Waals surface area contributed by atoms with Crippen LogP contribution in [-0.2, 0) is 4.79 Å². The molecule has 2 aromatic carbocycles.